The number of nitrogens with two attached hydrogens (primary N) is 1. The first-order chi connectivity index (χ1) is 12.0. The van der Waals surface area contributed by atoms with Gasteiger partial charge in [0.1, 0.15) is 11.5 Å². The third-order valence-electron chi connectivity index (χ3n) is 3.96. The van der Waals surface area contributed by atoms with E-state index in [1.54, 1.807) is 18.5 Å². The van der Waals surface area contributed by atoms with E-state index in [2.05, 4.69) is 23.7 Å². The third kappa shape index (κ3) is 4.20. The highest BCUT2D eigenvalue weighted by molar-refractivity contribution is 5.37. The Kier molecular flexibility index (Phi) is 4.75. The Morgan fingerprint density at radius 2 is 1.72 bits per heavy atom. The highest BCUT2D eigenvalue weighted by Gasteiger charge is 2.13. The molecule has 3 rings (SSSR count). The Morgan fingerprint density at radius 1 is 1.04 bits per heavy atom. The van der Waals surface area contributed by atoms with Gasteiger partial charge in [0.25, 0.3) is 0 Å². The summed E-state index contributed by atoms with van der Waals surface area (Å²) in [6.07, 6.45) is 2.99. The lowest BCUT2D eigenvalue weighted by Crippen LogP contribution is -2.09. The maximum Gasteiger partial charge on any atom is 0.119 e. The smallest absolute Gasteiger partial charge is 0.119 e. The number of hydrogen-bond donors (Lipinski definition) is 3. The topological polar surface area (TPSA) is 84.3 Å². The van der Waals surface area contributed by atoms with Crippen molar-refractivity contribution in [3.05, 3.63) is 89.6 Å². The van der Waals surface area contributed by atoms with E-state index >= 15 is 0 Å². The zero-order chi connectivity index (χ0) is 17.8. The SMILES string of the molecule is C=C(N)Cc1c(Cc2ccccc2)ncn1Cc1cc(O)cc(O)c1. The summed E-state index contributed by atoms with van der Waals surface area (Å²) >= 11 is 0. The molecule has 5 nitrogen and oxygen atoms in total. The van der Waals surface area contributed by atoms with Crippen molar-refractivity contribution in [2.24, 2.45) is 5.73 Å². The number of hydrogen-bond acceptors (Lipinski definition) is 4. The molecule has 4 N–H and O–H groups in total. The fourth-order valence-corrected chi connectivity index (χ4v) is 2.89. The van der Waals surface area contributed by atoms with Crippen LogP contribution in [0.15, 0.2) is 67.1 Å². The van der Waals surface area contributed by atoms with Gasteiger partial charge >= 0.3 is 0 Å². The van der Waals surface area contributed by atoms with Crippen molar-refractivity contribution < 1.29 is 10.2 Å². The average Bonchev–Trinajstić information content (AvgIpc) is 2.89. The molecule has 0 aliphatic carbocycles. The molecular formula is C20H21N3O2. The predicted molar refractivity (Wildman–Crippen MR) is 97.4 cm³/mol. The van der Waals surface area contributed by atoms with Crippen LogP contribution in [-0.4, -0.2) is 19.8 Å². The van der Waals surface area contributed by atoms with Gasteiger partial charge < -0.3 is 20.5 Å². The maximum atomic E-state index is 9.67. The van der Waals surface area contributed by atoms with E-state index in [1.165, 1.54) is 11.6 Å². The second-order valence-electron chi connectivity index (χ2n) is 6.12. The number of phenolic OH excluding ortho intramolecular Hbond substituents is 2. The van der Waals surface area contributed by atoms with E-state index in [1.807, 2.05) is 22.8 Å². The van der Waals surface area contributed by atoms with Crippen LogP contribution in [0.25, 0.3) is 0 Å². The molecule has 0 spiro atoms. The normalized spacial score (nSPS) is 10.7. The van der Waals surface area contributed by atoms with Crippen LogP contribution in [0.2, 0.25) is 0 Å². The van der Waals surface area contributed by atoms with Crippen LogP contribution >= 0.6 is 0 Å². The fraction of sp³-hybridized carbons (Fsp3) is 0.150. The molecule has 0 bridgehead atoms. The fourth-order valence-electron chi connectivity index (χ4n) is 2.89. The van der Waals surface area contributed by atoms with Crippen LogP contribution < -0.4 is 5.73 Å². The van der Waals surface area contributed by atoms with Gasteiger partial charge in [0, 0.05) is 36.8 Å². The molecule has 1 heterocycles. The van der Waals surface area contributed by atoms with E-state index in [4.69, 9.17) is 5.73 Å². The highest BCUT2D eigenvalue weighted by atomic mass is 16.3. The Morgan fingerprint density at radius 3 is 2.36 bits per heavy atom. The summed E-state index contributed by atoms with van der Waals surface area (Å²) in [4.78, 5) is 4.55. The Hall–Kier alpha value is -3.21. The third-order valence-corrected chi connectivity index (χ3v) is 3.96. The van der Waals surface area contributed by atoms with Gasteiger partial charge in [-0.15, -0.1) is 0 Å². The summed E-state index contributed by atoms with van der Waals surface area (Å²) in [5.74, 6) is 0.0637. The van der Waals surface area contributed by atoms with Crippen molar-refractivity contribution >= 4 is 0 Å². The lowest BCUT2D eigenvalue weighted by Gasteiger charge is -2.11. The minimum absolute atomic E-state index is 0.0319. The average molecular weight is 335 g/mol. The van der Waals surface area contributed by atoms with Gasteiger partial charge in [-0.05, 0) is 23.3 Å². The number of phenols is 2. The second kappa shape index (κ2) is 7.13. The predicted octanol–water partition coefficient (Wildman–Crippen LogP) is 2.95. The molecule has 0 fully saturated rings. The van der Waals surface area contributed by atoms with E-state index in [0.29, 0.717) is 25.1 Å². The Bertz CT molecular complexity index is 865. The van der Waals surface area contributed by atoms with Crippen molar-refractivity contribution in [2.45, 2.75) is 19.4 Å². The lowest BCUT2D eigenvalue weighted by atomic mass is 10.1. The van der Waals surface area contributed by atoms with E-state index in [0.717, 1.165) is 17.0 Å². The molecule has 0 aliphatic rings. The van der Waals surface area contributed by atoms with E-state index < -0.39 is 0 Å². The van der Waals surface area contributed by atoms with E-state index in [-0.39, 0.29) is 11.5 Å². The van der Waals surface area contributed by atoms with Gasteiger partial charge in [0.2, 0.25) is 0 Å². The molecule has 0 radical (unpaired) electrons. The van der Waals surface area contributed by atoms with Gasteiger partial charge in [0.15, 0.2) is 0 Å². The quantitative estimate of drug-likeness (QED) is 0.646. The zero-order valence-electron chi connectivity index (χ0n) is 13.9. The first-order valence-corrected chi connectivity index (χ1v) is 8.03. The molecule has 1 aromatic heterocycles. The van der Waals surface area contributed by atoms with E-state index in [9.17, 15) is 10.2 Å². The molecule has 0 unspecified atom stereocenters. The number of allylic oxidation sites excluding steroid dienone is 1. The Balaban J connectivity index is 1.92. The first-order valence-electron chi connectivity index (χ1n) is 8.03. The summed E-state index contributed by atoms with van der Waals surface area (Å²) in [7, 11) is 0. The number of nitrogens with zero attached hydrogens (tertiary/aromatic N) is 2. The van der Waals surface area contributed by atoms with Gasteiger partial charge in [0.05, 0.1) is 12.0 Å². The van der Waals surface area contributed by atoms with Crippen molar-refractivity contribution in [1.82, 2.24) is 9.55 Å². The van der Waals surface area contributed by atoms with Crippen LogP contribution in [-0.2, 0) is 19.4 Å². The number of aromatic nitrogens is 2. The molecule has 0 saturated carbocycles. The number of benzene rings is 2. The lowest BCUT2D eigenvalue weighted by molar-refractivity contribution is 0.448. The van der Waals surface area contributed by atoms with Crippen molar-refractivity contribution in [2.75, 3.05) is 0 Å². The summed E-state index contributed by atoms with van der Waals surface area (Å²) < 4.78 is 1.98. The molecule has 2 aromatic carbocycles. The van der Waals surface area contributed by atoms with Gasteiger partial charge in [-0.25, -0.2) is 4.98 Å². The molecule has 128 valence electrons. The first kappa shape index (κ1) is 16.6. The minimum Gasteiger partial charge on any atom is -0.508 e. The molecule has 0 atom stereocenters. The summed E-state index contributed by atoms with van der Waals surface area (Å²) in [5, 5.41) is 19.3. The van der Waals surface area contributed by atoms with Crippen molar-refractivity contribution in [3.8, 4) is 11.5 Å². The van der Waals surface area contributed by atoms with Crippen LogP contribution in [0.1, 0.15) is 22.5 Å². The Labute approximate surface area is 146 Å². The largest absolute Gasteiger partial charge is 0.508 e. The number of aromatic hydroxyl groups is 2. The summed E-state index contributed by atoms with van der Waals surface area (Å²) in [5.41, 5.74) is 10.3. The van der Waals surface area contributed by atoms with Crippen LogP contribution in [0.3, 0.4) is 0 Å². The molecule has 0 aliphatic heterocycles. The van der Waals surface area contributed by atoms with Crippen LogP contribution in [0.5, 0.6) is 11.5 Å². The van der Waals surface area contributed by atoms with Crippen molar-refractivity contribution in [3.63, 3.8) is 0 Å². The second-order valence-corrected chi connectivity index (χ2v) is 6.12. The minimum atomic E-state index is 0.0319. The standard InChI is InChI=1S/C20H21N3O2/c1-14(21)7-20-19(10-15-5-3-2-4-6-15)22-13-23(20)12-16-8-17(24)11-18(25)9-16/h2-6,8-9,11,13,24-25H,1,7,10,12,21H2. The number of imidazole rings is 1. The molecule has 5 heteroatoms. The van der Waals surface area contributed by atoms with Crippen LogP contribution in [0, 0.1) is 0 Å². The highest BCUT2D eigenvalue weighted by Crippen LogP contribution is 2.23. The van der Waals surface area contributed by atoms with Gasteiger partial charge in [-0.3, -0.25) is 0 Å². The molecule has 25 heavy (non-hydrogen) atoms. The van der Waals surface area contributed by atoms with Crippen molar-refractivity contribution in [1.29, 1.82) is 0 Å². The van der Waals surface area contributed by atoms with Gasteiger partial charge in [-0.1, -0.05) is 36.9 Å². The monoisotopic (exact) mass is 335 g/mol. The van der Waals surface area contributed by atoms with Gasteiger partial charge in [-0.2, -0.15) is 0 Å². The van der Waals surface area contributed by atoms with Crippen LogP contribution in [0.4, 0.5) is 0 Å². The summed E-state index contributed by atoms with van der Waals surface area (Å²) in [6.45, 7) is 4.29. The molecule has 3 aromatic rings. The zero-order valence-corrected chi connectivity index (χ0v) is 13.9. The summed E-state index contributed by atoms with van der Waals surface area (Å²) in [6, 6.07) is 14.7. The molecule has 0 amide bonds. The molecule has 0 saturated heterocycles. The number of rotatable bonds is 6. The maximum absolute atomic E-state index is 9.67. The molecular weight excluding hydrogens is 314 g/mol.